The van der Waals surface area contributed by atoms with E-state index in [9.17, 15) is 5.11 Å². The van der Waals surface area contributed by atoms with Crippen molar-refractivity contribution in [2.45, 2.75) is 37.4 Å². The molecule has 0 bridgehead atoms. The minimum Gasteiger partial charge on any atom is -0.385 e. The zero-order valence-corrected chi connectivity index (χ0v) is 11.2. The molecule has 0 amide bonds. The monoisotopic (exact) mass is 269 g/mol. The number of ether oxygens (including phenoxy) is 1. The highest BCUT2D eigenvalue weighted by atomic mass is 32.2. The maximum absolute atomic E-state index is 10.4. The molecule has 0 aromatic carbocycles. The van der Waals surface area contributed by atoms with Crippen LogP contribution >= 0.6 is 11.8 Å². The third-order valence-corrected chi connectivity index (χ3v) is 5.08. The van der Waals surface area contributed by atoms with Gasteiger partial charge in [0.05, 0.1) is 5.60 Å². The first kappa shape index (κ1) is 12.4. The summed E-state index contributed by atoms with van der Waals surface area (Å²) in [5.41, 5.74) is 0.00910. The normalized spacial score (nSPS) is 29.3. The summed E-state index contributed by atoms with van der Waals surface area (Å²) in [6, 6.07) is 0. The van der Waals surface area contributed by atoms with Crippen molar-refractivity contribution in [3.63, 3.8) is 0 Å². The van der Waals surface area contributed by atoms with Crippen LogP contribution in [0.2, 0.25) is 0 Å². The first-order valence-corrected chi connectivity index (χ1v) is 7.70. The summed E-state index contributed by atoms with van der Waals surface area (Å²) in [5, 5.41) is 16.9. The fourth-order valence-electron chi connectivity index (χ4n) is 3.01. The van der Waals surface area contributed by atoms with Crippen LogP contribution in [0.1, 0.15) is 37.6 Å². The Morgan fingerprint density at radius 2 is 2.33 bits per heavy atom. The minimum absolute atomic E-state index is 0.00910. The van der Waals surface area contributed by atoms with Crippen molar-refractivity contribution in [1.82, 2.24) is 15.2 Å². The molecule has 2 atom stereocenters. The molecule has 6 heteroatoms. The second-order valence-electron chi connectivity index (χ2n) is 5.21. The van der Waals surface area contributed by atoms with Crippen LogP contribution in [0, 0.1) is 5.92 Å². The molecule has 1 spiro atoms. The quantitative estimate of drug-likeness (QED) is 0.852. The molecule has 100 valence electrons. The van der Waals surface area contributed by atoms with E-state index in [2.05, 4.69) is 15.2 Å². The van der Waals surface area contributed by atoms with Crippen molar-refractivity contribution >= 4 is 11.8 Å². The standard InChI is InChI=1S/C12H19N3O2S/c16-10(11-13-8-14-15-11)9-1-4-17-12(7-9)2-5-18-6-3-12/h8-10,16H,1-7H2,(H,13,14,15). The smallest absolute Gasteiger partial charge is 0.153 e. The first-order valence-electron chi connectivity index (χ1n) is 6.54. The number of aromatic amines is 1. The van der Waals surface area contributed by atoms with E-state index in [1.54, 1.807) is 0 Å². The Morgan fingerprint density at radius 3 is 3.06 bits per heavy atom. The zero-order valence-electron chi connectivity index (χ0n) is 10.3. The molecule has 2 N–H and O–H groups in total. The Kier molecular flexibility index (Phi) is 3.59. The predicted octanol–water partition coefficient (Wildman–Crippen LogP) is 1.53. The number of thioether (sulfide) groups is 1. The van der Waals surface area contributed by atoms with Crippen molar-refractivity contribution in [2.24, 2.45) is 5.92 Å². The van der Waals surface area contributed by atoms with Crippen LogP contribution in [0.5, 0.6) is 0 Å². The SMILES string of the molecule is OC(c1ncn[nH]1)C1CCOC2(CCSCC2)C1. The summed E-state index contributed by atoms with van der Waals surface area (Å²) in [6.07, 6.45) is 4.97. The molecule has 1 aromatic rings. The predicted molar refractivity (Wildman–Crippen MR) is 69.3 cm³/mol. The summed E-state index contributed by atoms with van der Waals surface area (Å²) in [7, 11) is 0. The van der Waals surface area contributed by atoms with Gasteiger partial charge in [0.1, 0.15) is 12.4 Å². The second-order valence-corrected chi connectivity index (χ2v) is 6.44. The number of aromatic nitrogens is 3. The Bertz CT molecular complexity index is 373. The van der Waals surface area contributed by atoms with E-state index in [0.717, 1.165) is 32.3 Å². The molecular formula is C12H19N3O2S. The average molecular weight is 269 g/mol. The largest absolute Gasteiger partial charge is 0.385 e. The number of aliphatic hydroxyl groups is 1. The molecular weight excluding hydrogens is 250 g/mol. The number of nitrogens with one attached hydrogen (secondary N) is 1. The zero-order chi connectivity index (χ0) is 12.4. The second kappa shape index (κ2) is 5.19. The molecule has 0 saturated carbocycles. The van der Waals surface area contributed by atoms with Gasteiger partial charge in [-0.2, -0.15) is 16.9 Å². The van der Waals surface area contributed by atoms with Gasteiger partial charge in [-0.1, -0.05) is 0 Å². The lowest BCUT2D eigenvalue weighted by Crippen LogP contribution is -2.44. The van der Waals surface area contributed by atoms with E-state index in [1.165, 1.54) is 17.8 Å². The van der Waals surface area contributed by atoms with Crippen molar-refractivity contribution < 1.29 is 9.84 Å². The summed E-state index contributed by atoms with van der Waals surface area (Å²) in [6.45, 7) is 0.751. The number of rotatable bonds is 2. The van der Waals surface area contributed by atoms with Gasteiger partial charge in [0, 0.05) is 6.61 Å². The first-order chi connectivity index (χ1) is 8.79. The number of hydrogen-bond acceptors (Lipinski definition) is 5. The van der Waals surface area contributed by atoms with Crippen LogP contribution < -0.4 is 0 Å². The van der Waals surface area contributed by atoms with Gasteiger partial charge in [0.25, 0.3) is 0 Å². The minimum atomic E-state index is -0.539. The maximum atomic E-state index is 10.4. The van der Waals surface area contributed by atoms with Crippen LogP contribution in [-0.2, 0) is 4.74 Å². The van der Waals surface area contributed by atoms with Gasteiger partial charge >= 0.3 is 0 Å². The molecule has 0 radical (unpaired) electrons. The molecule has 3 rings (SSSR count). The summed E-state index contributed by atoms with van der Waals surface area (Å²) >= 11 is 2.00. The number of aliphatic hydroxyl groups excluding tert-OH is 1. The molecule has 2 fully saturated rings. The van der Waals surface area contributed by atoms with Gasteiger partial charge in [-0.25, -0.2) is 4.98 Å². The number of nitrogens with zero attached hydrogens (tertiary/aromatic N) is 2. The molecule has 2 aliphatic heterocycles. The van der Waals surface area contributed by atoms with Crippen molar-refractivity contribution in [1.29, 1.82) is 0 Å². The van der Waals surface area contributed by atoms with Gasteiger partial charge < -0.3 is 9.84 Å². The van der Waals surface area contributed by atoms with E-state index in [-0.39, 0.29) is 11.5 Å². The van der Waals surface area contributed by atoms with Crippen molar-refractivity contribution in [3.05, 3.63) is 12.2 Å². The maximum Gasteiger partial charge on any atom is 0.153 e. The van der Waals surface area contributed by atoms with E-state index in [1.807, 2.05) is 11.8 Å². The van der Waals surface area contributed by atoms with E-state index < -0.39 is 6.10 Å². The van der Waals surface area contributed by atoms with Crippen molar-refractivity contribution in [3.8, 4) is 0 Å². The van der Waals surface area contributed by atoms with Crippen LogP contribution in [0.4, 0.5) is 0 Å². The Hall–Kier alpha value is -0.590. The summed E-state index contributed by atoms with van der Waals surface area (Å²) in [5.74, 6) is 3.16. The summed E-state index contributed by atoms with van der Waals surface area (Å²) < 4.78 is 6.03. The lowest BCUT2D eigenvalue weighted by molar-refractivity contribution is -0.122. The Labute approximate surface area is 111 Å². The third-order valence-electron chi connectivity index (χ3n) is 4.10. The lowest BCUT2D eigenvalue weighted by Gasteiger charge is -2.44. The van der Waals surface area contributed by atoms with Crippen molar-refractivity contribution in [2.75, 3.05) is 18.1 Å². The van der Waals surface area contributed by atoms with Gasteiger partial charge in [-0.05, 0) is 43.1 Å². The van der Waals surface area contributed by atoms with E-state index in [4.69, 9.17) is 4.74 Å². The van der Waals surface area contributed by atoms with Crippen LogP contribution in [0.3, 0.4) is 0 Å². The summed E-state index contributed by atoms with van der Waals surface area (Å²) in [4.78, 5) is 4.06. The van der Waals surface area contributed by atoms with Gasteiger partial charge in [0.2, 0.25) is 0 Å². The Balaban J connectivity index is 1.70. The third kappa shape index (κ3) is 2.41. The molecule has 1 aromatic heterocycles. The molecule has 3 heterocycles. The molecule has 5 nitrogen and oxygen atoms in total. The highest BCUT2D eigenvalue weighted by Gasteiger charge is 2.41. The lowest BCUT2D eigenvalue weighted by atomic mass is 9.79. The molecule has 2 unspecified atom stereocenters. The molecule has 2 aliphatic rings. The molecule has 2 saturated heterocycles. The highest BCUT2D eigenvalue weighted by molar-refractivity contribution is 7.99. The van der Waals surface area contributed by atoms with Crippen LogP contribution in [0.25, 0.3) is 0 Å². The van der Waals surface area contributed by atoms with E-state index in [0.29, 0.717) is 5.82 Å². The topological polar surface area (TPSA) is 71.0 Å². The van der Waals surface area contributed by atoms with Gasteiger partial charge in [-0.15, -0.1) is 0 Å². The molecule has 0 aliphatic carbocycles. The highest BCUT2D eigenvalue weighted by Crippen LogP contribution is 2.42. The molecule has 18 heavy (non-hydrogen) atoms. The van der Waals surface area contributed by atoms with Gasteiger partial charge in [0.15, 0.2) is 5.82 Å². The fraction of sp³-hybridized carbons (Fsp3) is 0.833. The number of H-pyrrole nitrogens is 1. The number of hydrogen-bond donors (Lipinski definition) is 2. The van der Waals surface area contributed by atoms with Crippen LogP contribution in [0.15, 0.2) is 6.33 Å². The Morgan fingerprint density at radius 1 is 1.50 bits per heavy atom. The fourth-order valence-corrected chi connectivity index (χ4v) is 4.24. The van der Waals surface area contributed by atoms with Gasteiger partial charge in [-0.3, -0.25) is 5.10 Å². The average Bonchev–Trinajstić information content (AvgIpc) is 2.93. The van der Waals surface area contributed by atoms with E-state index >= 15 is 0 Å². The van der Waals surface area contributed by atoms with Crippen LogP contribution in [-0.4, -0.2) is 44.0 Å².